The first kappa shape index (κ1) is 12.8. The Bertz CT molecular complexity index is 654. The quantitative estimate of drug-likeness (QED) is 0.804. The van der Waals surface area contributed by atoms with Gasteiger partial charge in [-0.05, 0) is 19.1 Å². The predicted octanol–water partition coefficient (Wildman–Crippen LogP) is 2.02. The second-order valence-electron chi connectivity index (χ2n) is 3.38. The zero-order valence-electron chi connectivity index (χ0n) is 9.45. The molecular weight excluding hydrogens is 278 g/mol. The van der Waals surface area contributed by atoms with Gasteiger partial charge in [-0.15, -0.1) is 0 Å². The Morgan fingerprint density at radius 1 is 1.50 bits per heavy atom. The molecule has 2 rings (SSSR count). The SMILES string of the molecule is CCn1cc(Oc2ncccc2S(=O)(=O)Cl)cn1. The topological polar surface area (TPSA) is 74.1 Å². The second-order valence-corrected chi connectivity index (χ2v) is 5.91. The van der Waals surface area contributed by atoms with Crippen molar-refractivity contribution < 1.29 is 13.2 Å². The zero-order chi connectivity index (χ0) is 13.2. The Balaban J connectivity index is 2.35. The van der Waals surface area contributed by atoms with Crippen molar-refractivity contribution in [2.45, 2.75) is 18.4 Å². The van der Waals surface area contributed by atoms with Crippen LogP contribution in [0.15, 0.2) is 35.6 Å². The van der Waals surface area contributed by atoms with E-state index >= 15 is 0 Å². The molecular formula is C10H10ClN3O3S. The summed E-state index contributed by atoms with van der Waals surface area (Å²) in [4.78, 5) is 3.68. The molecule has 0 radical (unpaired) electrons. The number of aromatic nitrogens is 3. The number of aryl methyl sites for hydroxylation is 1. The molecule has 0 saturated carbocycles. The van der Waals surface area contributed by atoms with Crippen molar-refractivity contribution >= 4 is 19.7 Å². The van der Waals surface area contributed by atoms with E-state index in [9.17, 15) is 8.42 Å². The lowest BCUT2D eigenvalue weighted by Crippen LogP contribution is -1.97. The molecule has 96 valence electrons. The van der Waals surface area contributed by atoms with Gasteiger partial charge in [0.25, 0.3) is 9.05 Å². The van der Waals surface area contributed by atoms with Crippen molar-refractivity contribution in [3.8, 4) is 11.6 Å². The fourth-order valence-corrected chi connectivity index (χ4v) is 2.22. The van der Waals surface area contributed by atoms with E-state index < -0.39 is 9.05 Å². The molecule has 6 nitrogen and oxygen atoms in total. The van der Waals surface area contributed by atoms with E-state index in [-0.39, 0.29) is 10.8 Å². The highest BCUT2D eigenvalue weighted by atomic mass is 35.7. The highest BCUT2D eigenvalue weighted by Crippen LogP contribution is 2.28. The first-order chi connectivity index (χ1) is 8.50. The van der Waals surface area contributed by atoms with E-state index in [0.717, 1.165) is 0 Å². The smallest absolute Gasteiger partial charge is 0.266 e. The monoisotopic (exact) mass is 287 g/mol. The van der Waals surface area contributed by atoms with Crippen LogP contribution in [0.25, 0.3) is 0 Å². The fraction of sp³-hybridized carbons (Fsp3) is 0.200. The molecule has 2 aromatic rings. The van der Waals surface area contributed by atoms with Crippen LogP contribution in [0.4, 0.5) is 0 Å². The summed E-state index contributed by atoms with van der Waals surface area (Å²) in [7, 11) is 1.40. The van der Waals surface area contributed by atoms with Crippen LogP contribution < -0.4 is 4.74 Å². The summed E-state index contributed by atoms with van der Waals surface area (Å²) in [5.41, 5.74) is 0. The van der Waals surface area contributed by atoms with E-state index in [2.05, 4.69) is 10.1 Å². The average molecular weight is 288 g/mol. The Labute approximate surface area is 109 Å². The molecule has 2 heterocycles. The van der Waals surface area contributed by atoms with Crippen LogP contribution in [0.2, 0.25) is 0 Å². The normalized spacial score (nSPS) is 11.4. The number of pyridine rings is 1. The molecule has 0 unspecified atom stereocenters. The lowest BCUT2D eigenvalue weighted by molar-refractivity contribution is 0.447. The van der Waals surface area contributed by atoms with Crippen molar-refractivity contribution in [3.05, 3.63) is 30.7 Å². The van der Waals surface area contributed by atoms with Gasteiger partial charge in [0.2, 0.25) is 5.88 Å². The number of nitrogens with zero attached hydrogens (tertiary/aromatic N) is 3. The Morgan fingerprint density at radius 3 is 2.89 bits per heavy atom. The summed E-state index contributed by atoms with van der Waals surface area (Å²) >= 11 is 0. The van der Waals surface area contributed by atoms with Crippen LogP contribution in [-0.4, -0.2) is 23.2 Å². The van der Waals surface area contributed by atoms with Crippen LogP contribution in [0, 0.1) is 0 Å². The van der Waals surface area contributed by atoms with Crippen molar-refractivity contribution in [2.75, 3.05) is 0 Å². The molecule has 0 N–H and O–H groups in total. The molecule has 0 fully saturated rings. The summed E-state index contributed by atoms with van der Waals surface area (Å²) in [6.45, 7) is 2.61. The van der Waals surface area contributed by atoms with E-state index in [4.69, 9.17) is 15.4 Å². The van der Waals surface area contributed by atoms with E-state index in [1.165, 1.54) is 24.5 Å². The second kappa shape index (κ2) is 4.95. The van der Waals surface area contributed by atoms with Crippen LogP contribution in [-0.2, 0) is 15.6 Å². The van der Waals surface area contributed by atoms with Gasteiger partial charge < -0.3 is 4.74 Å². The van der Waals surface area contributed by atoms with E-state index in [1.54, 1.807) is 10.9 Å². The maximum atomic E-state index is 11.3. The summed E-state index contributed by atoms with van der Waals surface area (Å²) in [5, 5.41) is 4.00. The van der Waals surface area contributed by atoms with Gasteiger partial charge in [-0.25, -0.2) is 13.4 Å². The molecule has 0 bridgehead atoms. The molecule has 0 spiro atoms. The Hall–Kier alpha value is -1.60. The van der Waals surface area contributed by atoms with Crippen LogP contribution in [0.3, 0.4) is 0 Å². The van der Waals surface area contributed by atoms with Gasteiger partial charge in [0, 0.05) is 23.4 Å². The molecule has 0 aliphatic heterocycles. The fourth-order valence-electron chi connectivity index (χ4n) is 1.32. The first-order valence-corrected chi connectivity index (χ1v) is 7.41. The summed E-state index contributed by atoms with van der Waals surface area (Å²) in [5.74, 6) is 0.334. The molecule has 0 saturated heterocycles. The molecule has 0 aromatic carbocycles. The minimum Gasteiger partial charge on any atom is -0.434 e. The third-order valence-electron chi connectivity index (χ3n) is 2.15. The number of halogens is 1. The number of hydrogen-bond donors (Lipinski definition) is 0. The average Bonchev–Trinajstić information content (AvgIpc) is 2.76. The Kier molecular flexibility index (Phi) is 3.53. The van der Waals surface area contributed by atoms with Gasteiger partial charge in [-0.3, -0.25) is 4.68 Å². The molecule has 0 atom stereocenters. The summed E-state index contributed by atoms with van der Waals surface area (Å²) in [6, 6.07) is 2.80. The molecule has 0 aliphatic rings. The highest BCUT2D eigenvalue weighted by molar-refractivity contribution is 8.13. The van der Waals surface area contributed by atoms with Crippen molar-refractivity contribution in [2.24, 2.45) is 0 Å². The number of ether oxygens (including phenoxy) is 1. The lowest BCUT2D eigenvalue weighted by Gasteiger charge is -2.05. The first-order valence-electron chi connectivity index (χ1n) is 5.10. The summed E-state index contributed by atoms with van der Waals surface area (Å²) < 4.78 is 29.7. The van der Waals surface area contributed by atoms with Crippen molar-refractivity contribution in [1.29, 1.82) is 0 Å². The van der Waals surface area contributed by atoms with Crippen LogP contribution in [0.1, 0.15) is 6.92 Å². The van der Waals surface area contributed by atoms with E-state index in [0.29, 0.717) is 12.3 Å². The molecule has 0 amide bonds. The largest absolute Gasteiger partial charge is 0.434 e. The number of hydrogen-bond acceptors (Lipinski definition) is 5. The lowest BCUT2D eigenvalue weighted by atomic mass is 10.5. The van der Waals surface area contributed by atoms with E-state index in [1.807, 2.05) is 6.92 Å². The minimum absolute atomic E-state index is 0.0665. The number of rotatable bonds is 4. The molecule has 0 aliphatic carbocycles. The standard InChI is InChI=1S/C10H10ClN3O3S/c1-2-14-7-8(6-13-14)17-10-9(18(11,15)16)4-3-5-12-10/h3-7H,2H2,1H3. The summed E-state index contributed by atoms with van der Waals surface area (Å²) in [6.07, 6.45) is 4.53. The van der Waals surface area contributed by atoms with Crippen molar-refractivity contribution in [1.82, 2.24) is 14.8 Å². The maximum Gasteiger partial charge on any atom is 0.266 e. The zero-order valence-corrected chi connectivity index (χ0v) is 11.0. The molecule has 18 heavy (non-hydrogen) atoms. The van der Waals surface area contributed by atoms with Crippen LogP contribution >= 0.6 is 10.7 Å². The van der Waals surface area contributed by atoms with Gasteiger partial charge in [0.1, 0.15) is 4.90 Å². The van der Waals surface area contributed by atoms with Gasteiger partial charge >= 0.3 is 0 Å². The van der Waals surface area contributed by atoms with Gasteiger partial charge in [-0.2, -0.15) is 5.10 Å². The molecule has 2 aromatic heterocycles. The van der Waals surface area contributed by atoms with Gasteiger partial charge in [0.15, 0.2) is 5.75 Å². The maximum absolute atomic E-state index is 11.3. The minimum atomic E-state index is -3.89. The Morgan fingerprint density at radius 2 is 2.28 bits per heavy atom. The third kappa shape index (κ3) is 2.80. The van der Waals surface area contributed by atoms with Gasteiger partial charge in [0.05, 0.1) is 12.4 Å². The van der Waals surface area contributed by atoms with Crippen molar-refractivity contribution in [3.63, 3.8) is 0 Å². The van der Waals surface area contributed by atoms with Crippen LogP contribution in [0.5, 0.6) is 11.6 Å². The van der Waals surface area contributed by atoms with Gasteiger partial charge in [-0.1, -0.05) is 0 Å². The highest BCUT2D eigenvalue weighted by Gasteiger charge is 2.18. The third-order valence-corrected chi connectivity index (χ3v) is 3.48. The predicted molar refractivity (Wildman–Crippen MR) is 65.3 cm³/mol. The molecule has 8 heteroatoms.